The third-order valence-electron chi connectivity index (χ3n) is 2.33. The molecule has 0 nitrogen and oxygen atoms in total. The highest BCUT2D eigenvalue weighted by Crippen LogP contribution is 2.25. The molecule has 0 aromatic heterocycles. The van der Waals surface area contributed by atoms with E-state index in [1.54, 1.807) is 0 Å². The molecular weight excluding hydrogens is 152 g/mol. The van der Waals surface area contributed by atoms with Gasteiger partial charge in [0.15, 0.2) is 0 Å². The number of thiol groups is 1. The second kappa shape index (κ2) is 5.93. The number of rotatable bonds is 6. The zero-order valence-corrected chi connectivity index (χ0v) is 9.08. The lowest BCUT2D eigenvalue weighted by molar-refractivity contribution is 0.521. The van der Waals surface area contributed by atoms with E-state index in [2.05, 4.69) is 33.4 Å². The first-order valence-corrected chi connectivity index (χ1v) is 5.29. The molecule has 0 saturated heterocycles. The summed E-state index contributed by atoms with van der Waals surface area (Å²) in [6.07, 6.45) is 7.90. The predicted molar refractivity (Wildman–Crippen MR) is 56.4 cm³/mol. The van der Waals surface area contributed by atoms with Crippen LogP contribution in [0.15, 0.2) is 0 Å². The molecule has 0 N–H and O–H groups in total. The molecule has 1 unspecified atom stereocenters. The lowest BCUT2D eigenvalue weighted by Gasteiger charge is -2.20. The van der Waals surface area contributed by atoms with Crippen molar-refractivity contribution in [2.24, 2.45) is 0 Å². The molecule has 0 aliphatic heterocycles. The predicted octanol–water partition coefficient (Wildman–Crippen LogP) is 4.06. The quantitative estimate of drug-likeness (QED) is 0.456. The van der Waals surface area contributed by atoms with E-state index in [0.29, 0.717) is 0 Å². The van der Waals surface area contributed by atoms with E-state index in [1.807, 2.05) is 0 Å². The first-order chi connectivity index (χ1) is 5.12. The smallest absolute Gasteiger partial charge is 0.00987 e. The Bertz CT molecular complexity index is 86.9. The Morgan fingerprint density at radius 3 is 2.18 bits per heavy atom. The maximum atomic E-state index is 4.59. The summed E-state index contributed by atoms with van der Waals surface area (Å²) in [5, 5.41) is 0. The average Bonchev–Trinajstić information content (AvgIpc) is 1.99. The summed E-state index contributed by atoms with van der Waals surface area (Å²) in [5.74, 6) is 0. The number of hydrogen-bond acceptors (Lipinski definition) is 1. The van der Waals surface area contributed by atoms with Crippen molar-refractivity contribution in [3.05, 3.63) is 0 Å². The summed E-state index contributed by atoms with van der Waals surface area (Å²) in [7, 11) is 0. The zero-order valence-electron chi connectivity index (χ0n) is 8.19. The summed E-state index contributed by atoms with van der Waals surface area (Å²) in [6.45, 7) is 6.70. The zero-order chi connectivity index (χ0) is 8.74. The van der Waals surface area contributed by atoms with Gasteiger partial charge in [0.25, 0.3) is 0 Å². The molecule has 0 radical (unpaired) electrons. The highest BCUT2D eigenvalue weighted by Gasteiger charge is 2.14. The van der Waals surface area contributed by atoms with Crippen molar-refractivity contribution in [1.82, 2.24) is 0 Å². The summed E-state index contributed by atoms with van der Waals surface area (Å²) in [4.78, 5) is 0. The van der Waals surface area contributed by atoms with Gasteiger partial charge in [0.2, 0.25) is 0 Å². The maximum Gasteiger partial charge on any atom is 0.00987 e. The van der Waals surface area contributed by atoms with E-state index in [0.717, 1.165) is 0 Å². The molecule has 0 bridgehead atoms. The standard InChI is InChI=1S/C10H22S/c1-4-6-7-8-9-10(3,11)5-2/h11H,4-9H2,1-3H3. The molecule has 1 atom stereocenters. The van der Waals surface area contributed by atoms with Crippen LogP contribution in [-0.4, -0.2) is 4.75 Å². The maximum absolute atomic E-state index is 4.59. The van der Waals surface area contributed by atoms with E-state index in [-0.39, 0.29) is 4.75 Å². The van der Waals surface area contributed by atoms with Crippen molar-refractivity contribution in [3.63, 3.8) is 0 Å². The third-order valence-corrected chi connectivity index (χ3v) is 2.87. The molecule has 0 fully saturated rings. The van der Waals surface area contributed by atoms with E-state index in [9.17, 15) is 0 Å². The van der Waals surface area contributed by atoms with Crippen LogP contribution in [0.4, 0.5) is 0 Å². The van der Waals surface area contributed by atoms with E-state index in [4.69, 9.17) is 0 Å². The first kappa shape index (κ1) is 11.4. The van der Waals surface area contributed by atoms with E-state index < -0.39 is 0 Å². The molecule has 0 spiro atoms. The topological polar surface area (TPSA) is 0 Å². The highest BCUT2D eigenvalue weighted by molar-refractivity contribution is 7.81. The minimum Gasteiger partial charge on any atom is -0.173 e. The minimum atomic E-state index is 0.285. The first-order valence-electron chi connectivity index (χ1n) is 4.84. The van der Waals surface area contributed by atoms with Gasteiger partial charge < -0.3 is 0 Å². The van der Waals surface area contributed by atoms with E-state index in [1.165, 1.54) is 38.5 Å². The minimum absolute atomic E-state index is 0.285. The van der Waals surface area contributed by atoms with Gasteiger partial charge in [-0.15, -0.1) is 0 Å². The molecule has 0 rings (SSSR count). The van der Waals surface area contributed by atoms with Crippen LogP contribution in [0.5, 0.6) is 0 Å². The Morgan fingerprint density at radius 1 is 1.09 bits per heavy atom. The van der Waals surface area contributed by atoms with Crippen molar-refractivity contribution in [3.8, 4) is 0 Å². The van der Waals surface area contributed by atoms with Crippen LogP contribution in [0.1, 0.15) is 59.3 Å². The fourth-order valence-electron chi connectivity index (χ4n) is 1.11. The number of hydrogen-bond donors (Lipinski definition) is 1. The average molecular weight is 174 g/mol. The summed E-state index contributed by atoms with van der Waals surface area (Å²) >= 11 is 4.59. The van der Waals surface area contributed by atoms with Gasteiger partial charge in [0.1, 0.15) is 0 Å². The number of unbranched alkanes of at least 4 members (excludes halogenated alkanes) is 3. The summed E-state index contributed by atoms with van der Waals surface area (Å²) in [6, 6.07) is 0. The molecule has 11 heavy (non-hydrogen) atoms. The third kappa shape index (κ3) is 6.74. The molecule has 0 heterocycles. The molecule has 0 aromatic rings. The van der Waals surface area contributed by atoms with E-state index >= 15 is 0 Å². The fourth-order valence-corrected chi connectivity index (χ4v) is 1.27. The molecule has 0 saturated carbocycles. The largest absolute Gasteiger partial charge is 0.173 e. The summed E-state index contributed by atoms with van der Waals surface area (Å²) in [5.41, 5.74) is 0. The Labute approximate surface area is 77.2 Å². The normalized spacial score (nSPS) is 16.4. The van der Waals surface area contributed by atoms with Crippen LogP contribution in [-0.2, 0) is 0 Å². The van der Waals surface area contributed by atoms with Gasteiger partial charge >= 0.3 is 0 Å². The van der Waals surface area contributed by atoms with Crippen LogP contribution in [0, 0.1) is 0 Å². The second-order valence-electron chi connectivity index (χ2n) is 3.66. The molecule has 1 heteroatoms. The van der Waals surface area contributed by atoms with Crippen molar-refractivity contribution in [1.29, 1.82) is 0 Å². The second-order valence-corrected chi connectivity index (χ2v) is 4.74. The molecule has 0 amide bonds. The Kier molecular flexibility index (Phi) is 6.12. The van der Waals surface area contributed by atoms with Gasteiger partial charge in [0.05, 0.1) is 0 Å². The molecule has 0 aliphatic carbocycles. The van der Waals surface area contributed by atoms with Crippen LogP contribution in [0.3, 0.4) is 0 Å². The van der Waals surface area contributed by atoms with Crippen LogP contribution >= 0.6 is 12.6 Å². The van der Waals surface area contributed by atoms with Crippen LogP contribution in [0.25, 0.3) is 0 Å². The SMILES string of the molecule is CCCCCCC(C)(S)CC. The molecule has 0 aromatic carbocycles. The van der Waals surface area contributed by atoms with Gasteiger partial charge in [-0.25, -0.2) is 0 Å². The molecule has 0 aliphatic rings. The summed E-state index contributed by atoms with van der Waals surface area (Å²) < 4.78 is 0.285. The lowest BCUT2D eigenvalue weighted by Crippen LogP contribution is -2.14. The van der Waals surface area contributed by atoms with Gasteiger partial charge in [-0.1, -0.05) is 46.5 Å². The van der Waals surface area contributed by atoms with Gasteiger partial charge in [-0.2, -0.15) is 12.6 Å². The van der Waals surface area contributed by atoms with Crippen LogP contribution in [0.2, 0.25) is 0 Å². The van der Waals surface area contributed by atoms with Crippen molar-refractivity contribution >= 4 is 12.6 Å². The lowest BCUT2D eigenvalue weighted by atomic mass is 9.99. The van der Waals surface area contributed by atoms with Crippen LogP contribution < -0.4 is 0 Å². The molecular formula is C10H22S. The Balaban J connectivity index is 3.23. The van der Waals surface area contributed by atoms with Gasteiger partial charge in [-0.05, 0) is 12.8 Å². The van der Waals surface area contributed by atoms with Gasteiger partial charge in [-0.3, -0.25) is 0 Å². The van der Waals surface area contributed by atoms with Crippen molar-refractivity contribution in [2.45, 2.75) is 64.0 Å². The fraction of sp³-hybridized carbons (Fsp3) is 1.00. The van der Waals surface area contributed by atoms with Crippen molar-refractivity contribution in [2.75, 3.05) is 0 Å². The van der Waals surface area contributed by atoms with Crippen molar-refractivity contribution < 1.29 is 0 Å². The monoisotopic (exact) mass is 174 g/mol. The van der Waals surface area contributed by atoms with Gasteiger partial charge in [0, 0.05) is 4.75 Å². The Hall–Kier alpha value is 0.350. The highest BCUT2D eigenvalue weighted by atomic mass is 32.1. The molecule has 68 valence electrons. The Morgan fingerprint density at radius 2 is 1.73 bits per heavy atom.